The summed E-state index contributed by atoms with van der Waals surface area (Å²) in [6.07, 6.45) is 0.546. The van der Waals surface area contributed by atoms with Crippen LogP contribution in [0.4, 0.5) is 5.69 Å². The first-order valence-electron chi connectivity index (χ1n) is 4.57. The summed E-state index contributed by atoms with van der Waals surface area (Å²) in [5.41, 5.74) is -0.482. The van der Waals surface area contributed by atoms with Crippen molar-refractivity contribution >= 4 is 28.9 Å². The van der Waals surface area contributed by atoms with Crippen LogP contribution >= 0.6 is 23.2 Å². The molecule has 1 rings (SSSR count). The minimum Gasteiger partial charge on any atom is -0.258 e. The minimum atomic E-state index is -0.689. The van der Waals surface area contributed by atoms with Crippen molar-refractivity contribution in [3.8, 4) is 0 Å². The van der Waals surface area contributed by atoms with Crippen molar-refractivity contribution in [3.63, 3.8) is 0 Å². The predicted molar refractivity (Wildman–Crippen MR) is 61.9 cm³/mol. The third kappa shape index (κ3) is 3.28. The monoisotopic (exact) mass is 263 g/mol. The second kappa shape index (κ2) is 4.51. The standard InChI is InChI=1S/C9H11Cl2N3O2/c1-9(2,3)4-5-12-7(10)6(14(15)16)8(11)13-5/h4H2,1-3H3. The third-order valence-corrected chi connectivity index (χ3v) is 2.24. The Morgan fingerprint density at radius 1 is 1.25 bits per heavy atom. The van der Waals surface area contributed by atoms with E-state index in [1.807, 2.05) is 20.8 Å². The summed E-state index contributed by atoms with van der Waals surface area (Å²) in [6, 6.07) is 0. The largest absolute Gasteiger partial charge is 0.343 e. The van der Waals surface area contributed by atoms with E-state index >= 15 is 0 Å². The lowest BCUT2D eigenvalue weighted by Gasteiger charge is -2.16. The Kier molecular flexibility index (Phi) is 3.70. The van der Waals surface area contributed by atoms with Gasteiger partial charge in [-0.15, -0.1) is 0 Å². The average molecular weight is 264 g/mol. The maximum absolute atomic E-state index is 10.6. The van der Waals surface area contributed by atoms with Gasteiger partial charge in [0.1, 0.15) is 5.82 Å². The summed E-state index contributed by atoms with van der Waals surface area (Å²) < 4.78 is 0. The lowest BCUT2D eigenvalue weighted by Crippen LogP contribution is -2.12. The molecule has 0 aliphatic carbocycles. The Labute approximate surface area is 103 Å². The molecular formula is C9H11Cl2N3O2. The van der Waals surface area contributed by atoms with Gasteiger partial charge in [0.15, 0.2) is 0 Å². The first-order chi connectivity index (χ1) is 7.20. The van der Waals surface area contributed by atoms with Gasteiger partial charge < -0.3 is 0 Å². The van der Waals surface area contributed by atoms with E-state index in [0.29, 0.717) is 12.2 Å². The molecule has 5 nitrogen and oxygen atoms in total. The van der Waals surface area contributed by atoms with Crippen LogP contribution in [0.15, 0.2) is 0 Å². The fourth-order valence-corrected chi connectivity index (χ4v) is 1.71. The number of halogens is 2. The summed E-state index contributed by atoms with van der Waals surface area (Å²) in [7, 11) is 0. The molecule has 16 heavy (non-hydrogen) atoms. The first-order valence-corrected chi connectivity index (χ1v) is 5.32. The number of hydrogen-bond donors (Lipinski definition) is 0. The summed E-state index contributed by atoms with van der Waals surface area (Å²) in [5, 5.41) is 10.2. The number of hydrogen-bond acceptors (Lipinski definition) is 4. The van der Waals surface area contributed by atoms with Gasteiger partial charge >= 0.3 is 5.69 Å². The van der Waals surface area contributed by atoms with Crippen LogP contribution in [0.3, 0.4) is 0 Å². The van der Waals surface area contributed by atoms with Crippen molar-refractivity contribution in [3.05, 3.63) is 26.2 Å². The van der Waals surface area contributed by atoms with Gasteiger partial charge in [-0.3, -0.25) is 10.1 Å². The highest BCUT2D eigenvalue weighted by Crippen LogP contribution is 2.30. The number of nitrogens with zero attached hydrogens (tertiary/aromatic N) is 3. The molecular weight excluding hydrogens is 253 g/mol. The van der Waals surface area contributed by atoms with E-state index in [4.69, 9.17) is 23.2 Å². The maximum Gasteiger partial charge on any atom is 0.343 e. The molecule has 1 heterocycles. The summed E-state index contributed by atoms with van der Waals surface area (Å²) >= 11 is 11.4. The first kappa shape index (κ1) is 13.1. The number of rotatable bonds is 2. The molecule has 0 aliphatic rings. The Morgan fingerprint density at radius 2 is 1.69 bits per heavy atom. The van der Waals surface area contributed by atoms with Crippen LogP contribution in [0.5, 0.6) is 0 Å². The van der Waals surface area contributed by atoms with Gasteiger partial charge in [-0.1, -0.05) is 44.0 Å². The van der Waals surface area contributed by atoms with E-state index < -0.39 is 10.6 Å². The predicted octanol–water partition coefficient (Wildman–Crippen LogP) is 3.28. The molecule has 1 aromatic rings. The fourth-order valence-electron chi connectivity index (χ4n) is 1.15. The summed E-state index contributed by atoms with van der Waals surface area (Å²) in [6.45, 7) is 6.00. The Hall–Kier alpha value is -0.940. The number of aromatic nitrogens is 2. The zero-order valence-electron chi connectivity index (χ0n) is 9.12. The van der Waals surface area contributed by atoms with Crippen molar-refractivity contribution in [1.29, 1.82) is 0 Å². The molecule has 88 valence electrons. The van der Waals surface area contributed by atoms with Crippen molar-refractivity contribution in [2.75, 3.05) is 0 Å². The lowest BCUT2D eigenvalue weighted by atomic mass is 9.92. The molecule has 0 amide bonds. The van der Waals surface area contributed by atoms with Crippen molar-refractivity contribution in [2.45, 2.75) is 27.2 Å². The zero-order chi connectivity index (χ0) is 12.5. The normalized spacial score (nSPS) is 11.6. The van der Waals surface area contributed by atoms with Crippen LogP contribution in [0.1, 0.15) is 26.6 Å². The zero-order valence-corrected chi connectivity index (χ0v) is 10.6. The topological polar surface area (TPSA) is 68.9 Å². The molecule has 1 aromatic heterocycles. The van der Waals surface area contributed by atoms with E-state index in [0.717, 1.165) is 0 Å². The lowest BCUT2D eigenvalue weighted by molar-refractivity contribution is -0.385. The van der Waals surface area contributed by atoms with Crippen LogP contribution in [-0.2, 0) is 6.42 Å². The molecule has 0 aliphatic heterocycles. The van der Waals surface area contributed by atoms with Gasteiger partial charge in [0.25, 0.3) is 0 Å². The average Bonchev–Trinajstić information content (AvgIpc) is 1.96. The Balaban J connectivity index is 3.15. The highest BCUT2D eigenvalue weighted by molar-refractivity contribution is 6.36. The van der Waals surface area contributed by atoms with E-state index in [1.54, 1.807) is 0 Å². The molecule has 0 radical (unpaired) electrons. The summed E-state index contributed by atoms with van der Waals surface area (Å²) in [5.74, 6) is 0.410. The van der Waals surface area contributed by atoms with Gasteiger partial charge in [0.05, 0.1) is 4.92 Å². The number of nitro groups is 1. The van der Waals surface area contributed by atoms with Gasteiger partial charge in [0, 0.05) is 6.42 Å². The SMILES string of the molecule is CC(C)(C)Cc1nc(Cl)c([N+](=O)[O-])c(Cl)n1. The van der Waals surface area contributed by atoms with Crippen molar-refractivity contribution < 1.29 is 4.92 Å². The fraction of sp³-hybridized carbons (Fsp3) is 0.556. The minimum absolute atomic E-state index is 0.0389. The summed E-state index contributed by atoms with van der Waals surface area (Å²) in [4.78, 5) is 17.6. The van der Waals surface area contributed by atoms with E-state index in [-0.39, 0.29) is 15.7 Å². The molecule has 0 unspecified atom stereocenters. The van der Waals surface area contributed by atoms with Crippen LogP contribution in [-0.4, -0.2) is 14.9 Å². The molecule has 7 heteroatoms. The second-order valence-electron chi connectivity index (χ2n) is 4.56. The molecule has 0 bridgehead atoms. The van der Waals surface area contributed by atoms with Crippen molar-refractivity contribution in [2.24, 2.45) is 5.41 Å². The molecule has 0 saturated carbocycles. The Bertz CT molecular complexity index is 406. The van der Waals surface area contributed by atoms with E-state index in [1.165, 1.54) is 0 Å². The van der Waals surface area contributed by atoms with Gasteiger partial charge in [-0.05, 0) is 5.41 Å². The highest BCUT2D eigenvalue weighted by atomic mass is 35.5. The van der Waals surface area contributed by atoms with Gasteiger partial charge in [-0.2, -0.15) is 0 Å². The highest BCUT2D eigenvalue weighted by Gasteiger charge is 2.23. The third-order valence-electron chi connectivity index (χ3n) is 1.72. The van der Waals surface area contributed by atoms with Crippen LogP contribution in [0.2, 0.25) is 10.3 Å². The van der Waals surface area contributed by atoms with Crippen LogP contribution in [0.25, 0.3) is 0 Å². The smallest absolute Gasteiger partial charge is 0.258 e. The molecule has 0 fully saturated rings. The molecule has 0 saturated heterocycles. The molecule has 0 aromatic carbocycles. The van der Waals surface area contributed by atoms with Gasteiger partial charge in [-0.25, -0.2) is 9.97 Å². The van der Waals surface area contributed by atoms with Crippen LogP contribution in [0, 0.1) is 15.5 Å². The quantitative estimate of drug-likeness (QED) is 0.467. The van der Waals surface area contributed by atoms with E-state index in [2.05, 4.69) is 9.97 Å². The van der Waals surface area contributed by atoms with Crippen LogP contribution < -0.4 is 0 Å². The Morgan fingerprint density at radius 3 is 2.00 bits per heavy atom. The maximum atomic E-state index is 10.6. The molecule has 0 N–H and O–H groups in total. The molecule has 0 atom stereocenters. The second-order valence-corrected chi connectivity index (χ2v) is 5.28. The van der Waals surface area contributed by atoms with Gasteiger partial charge in [0.2, 0.25) is 10.3 Å². The molecule has 0 spiro atoms. The van der Waals surface area contributed by atoms with Crippen molar-refractivity contribution in [1.82, 2.24) is 9.97 Å². The van der Waals surface area contributed by atoms with E-state index in [9.17, 15) is 10.1 Å².